The maximum atomic E-state index is 6.28. The highest BCUT2D eigenvalue weighted by Crippen LogP contribution is 2.32. The van der Waals surface area contributed by atoms with Gasteiger partial charge in [0.15, 0.2) is 0 Å². The summed E-state index contributed by atoms with van der Waals surface area (Å²) in [4.78, 5) is 2.50. The highest BCUT2D eigenvalue weighted by atomic mass is 35.5. The van der Waals surface area contributed by atoms with E-state index in [1.54, 1.807) is 7.11 Å². The predicted molar refractivity (Wildman–Crippen MR) is 80.5 cm³/mol. The monoisotopic (exact) mass is 282 g/mol. The number of benzene rings is 1. The topological polar surface area (TPSA) is 24.5 Å². The third-order valence-electron chi connectivity index (χ3n) is 3.81. The van der Waals surface area contributed by atoms with Crippen molar-refractivity contribution >= 4 is 11.6 Å². The van der Waals surface area contributed by atoms with Crippen LogP contribution in [0.1, 0.15) is 16.7 Å². The van der Waals surface area contributed by atoms with Gasteiger partial charge in [-0.25, -0.2) is 0 Å². The molecule has 4 heteroatoms. The van der Waals surface area contributed by atoms with Gasteiger partial charge in [-0.3, -0.25) is 0 Å². The van der Waals surface area contributed by atoms with E-state index < -0.39 is 0 Å². The Bertz CT molecular complexity index is 442. The van der Waals surface area contributed by atoms with Crippen molar-refractivity contribution in [3.8, 4) is 5.75 Å². The lowest BCUT2D eigenvalue weighted by atomic mass is 10.0. The molecule has 106 valence electrons. The summed E-state index contributed by atoms with van der Waals surface area (Å²) in [6.07, 6.45) is 1.02. The summed E-state index contributed by atoms with van der Waals surface area (Å²) in [5.41, 5.74) is 3.45. The van der Waals surface area contributed by atoms with Crippen molar-refractivity contribution < 1.29 is 4.74 Å². The van der Waals surface area contributed by atoms with Crippen molar-refractivity contribution in [3.63, 3.8) is 0 Å². The van der Waals surface area contributed by atoms with Gasteiger partial charge in [0.25, 0.3) is 0 Å². The second-order valence-electron chi connectivity index (χ2n) is 5.17. The molecule has 0 radical (unpaired) electrons. The van der Waals surface area contributed by atoms with Crippen LogP contribution in [0.4, 0.5) is 0 Å². The minimum atomic E-state index is 0.822. The number of nitrogens with one attached hydrogen (secondary N) is 1. The van der Waals surface area contributed by atoms with Gasteiger partial charge in [0.1, 0.15) is 5.75 Å². The average Bonchev–Trinajstić information content (AvgIpc) is 2.44. The summed E-state index contributed by atoms with van der Waals surface area (Å²) in [5, 5.41) is 4.20. The fourth-order valence-corrected chi connectivity index (χ4v) is 2.85. The summed E-state index contributed by atoms with van der Waals surface area (Å²) in [5.74, 6) is 0.950. The first-order valence-corrected chi connectivity index (χ1v) is 7.27. The molecule has 2 rings (SSSR count). The molecule has 0 amide bonds. The van der Waals surface area contributed by atoms with Crippen LogP contribution in [0.3, 0.4) is 0 Å². The number of nitrogens with zero attached hydrogens (tertiary/aromatic N) is 1. The van der Waals surface area contributed by atoms with Crippen LogP contribution in [0.5, 0.6) is 5.75 Å². The lowest BCUT2D eigenvalue weighted by Crippen LogP contribution is -2.44. The van der Waals surface area contributed by atoms with Gasteiger partial charge in [0.05, 0.1) is 12.1 Å². The summed E-state index contributed by atoms with van der Waals surface area (Å²) < 4.78 is 5.54. The third kappa shape index (κ3) is 3.41. The molecule has 3 nitrogen and oxygen atoms in total. The number of hydrogen-bond donors (Lipinski definition) is 1. The van der Waals surface area contributed by atoms with E-state index in [1.165, 1.54) is 5.56 Å². The molecule has 1 fully saturated rings. The number of aryl methyl sites for hydroxylation is 1. The van der Waals surface area contributed by atoms with Crippen molar-refractivity contribution in [2.75, 3.05) is 39.8 Å². The highest BCUT2D eigenvalue weighted by molar-refractivity contribution is 6.32. The van der Waals surface area contributed by atoms with E-state index in [0.29, 0.717) is 0 Å². The number of methoxy groups -OCH3 is 1. The zero-order valence-electron chi connectivity index (χ0n) is 12.1. The van der Waals surface area contributed by atoms with E-state index >= 15 is 0 Å². The Morgan fingerprint density at radius 1 is 1.32 bits per heavy atom. The van der Waals surface area contributed by atoms with Crippen molar-refractivity contribution in [2.45, 2.75) is 20.3 Å². The van der Waals surface area contributed by atoms with Crippen LogP contribution in [0, 0.1) is 13.8 Å². The SMILES string of the molecule is COc1c(CCN2CCNCC2)cc(C)c(Cl)c1C. The van der Waals surface area contributed by atoms with Gasteiger partial charge >= 0.3 is 0 Å². The molecule has 0 saturated carbocycles. The molecule has 1 N–H and O–H groups in total. The van der Waals surface area contributed by atoms with Crippen molar-refractivity contribution in [1.29, 1.82) is 0 Å². The summed E-state index contributed by atoms with van der Waals surface area (Å²) in [6, 6.07) is 2.16. The largest absolute Gasteiger partial charge is 0.496 e. The van der Waals surface area contributed by atoms with Gasteiger partial charge < -0.3 is 15.0 Å². The average molecular weight is 283 g/mol. The summed E-state index contributed by atoms with van der Waals surface area (Å²) >= 11 is 6.28. The number of hydrogen-bond acceptors (Lipinski definition) is 3. The summed E-state index contributed by atoms with van der Waals surface area (Å²) in [6.45, 7) is 9.62. The van der Waals surface area contributed by atoms with Gasteiger partial charge in [-0.15, -0.1) is 0 Å². The highest BCUT2D eigenvalue weighted by Gasteiger charge is 2.15. The molecular formula is C15H23ClN2O. The van der Waals surface area contributed by atoms with Gasteiger partial charge in [-0.05, 0) is 31.4 Å². The molecule has 0 bridgehead atoms. The van der Waals surface area contributed by atoms with Crippen LogP contribution in [0.15, 0.2) is 6.07 Å². The van der Waals surface area contributed by atoms with E-state index in [9.17, 15) is 0 Å². The van der Waals surface area contributed by atoms with Gasteiger partial charge in [-0.1, -0.05) is 17.7 Å². The molecule has 1 aromatic carbocycles. The van der Waals surface area contributed by atoms with E-state index in [1.807, 2.05) is 6.92 Å². The van der Waals surface area contributed by atoms with E-state index in [0.717, 1.165) is 61.0 Å². The fraction of sp³-hybridized carbons (Fsp3) is 0.600. The number of ether oxygens (including phenoxy) is 1. The second-order valence-corrected chi connectivity index (χ2v) is 5.54. The zero-order valence-corrected chi connectivity index (χ0v) is 12.8. The Labute approximate surface area is 120 Å². The summed E-state index contributed by atoms with van der Waals surface area (Å²) in [7, 11) is 1.72. The van der Waals surface area contributed by atoms with Crippen molar-refractivity contribution in [3.05, 3.63) is 27.8 Å². The van der Waals surface area contributed by atoms with Crippen molar-refractivity contribution in [2.24, 2.45) is 0 Å². The Hall–Kier alpha value is -0.770. The molecule has 19 heavy (non-hydrogen) atoms. The maximum absolute atomic E-state index is 6.28. The quantitative estimate of drug-likeness (QED) is 0.918. The van der Waals surface area contributed by atoms with E-state index in [4.69, 9.17) is 16.3 Å². The van der Waals surface area contributed by atoms with E-state index in [-0.39, 0.29) is 0 Å². The molecule has 1 aliphatic rings. The van der Waals surface area contributed by atoms with Gasteiger partial charge in [0.2, 0.25) is 0 Å². The van der Waals surface area contributed by atoms with Gasteiger partial charge in [-0.2, -0.15) is 0 Å². The Morgan fingerprint density at radius 2 is 2.00 bits per heavy atom. The molecule has 0 aliphatic carbocycles. The van der Waals surface area contributed by atoms with Gasteiger partial charge in [0, 0.05) is 38.3 Å². The molecule has 1 aliphatic heterocycles. The Kier molecular flexibility index (Phi) is 5.08. The molecule has 1 saturated heterocycles. The first-order valence-electron chi connectivity index (χ1n) is 6.89. The van der Waals surface area contributed by atoms with Crippen LogP contribution in [0.25, 0.3) is 0 Å². The van der Waals surface area contributed by atoms with E-state index in [2.05, 4.69) is 23.2 Å². The third-order valence-corrected chi connectivity index (χ3v) is 4.39. The first-order chi connectivity index (χ1) is 9.13. The Morgan fingerprint density at radius 3 is 2.63 bits per heavy atom. The first kappa shape index (κ1) is 14.6. The molecular weight excluding hydrogens is 260 g/mol. The lowest BCUT2D eigenvalue weighted by molar-refractivity contribution is 0.243. The molecule has 1 heterocycles. The van der Waals surface area contributed by atoms with Crippen LogP contribution in [-0.2, 0) is 6.42 Å². The normalized spacial score (nSPS) is 16.6. The number of halogens is 1. The van der Waals surface area contributed by atoms with Crippen LogP contribution in [0.2, 0.25) is 5.02 Å². The molecule has 0 unspecified atom stereocenters. The smallest absolute Gasteiger partial charge is 0.126 e. The van der Waals surface area contributed by atoms with Crippen LogP contribution < -0.4 is 10.1 Å². The zero-order chi connectivity index (χ0) is 13.8. The molecule has 0 atom stereocenters. The van der Waals surface area contributed by atoms with Crippen molar-refractivity contribution in [1.82, 2.24) is 10.2 Å². The Balaban J connectivity index is 2.10. The number of piperazine rings is 1. The fourth-order valence-electron chi connectivity index (χ4n) is 2.71. The lowest BCUT2D eigenvalue weighted by Gasteiger charge is -2.27. The maximum Gasteiger partial charge on any atom is 0.126 e. The second kappa shape index (κ2) is 6.60. The minimum Gasteiger partial charge on any atom is -0.496 e. The number of rotatable bonds is 4. The molecule has 0 spiro atoms. The standard InChI is InChI=1S/C15H23ClN2O/c1-11-10-13(15(19-3)12(2)14(11)16)4-7-18-8-5-17-6-9-18/h10,17H,4-9H2,1-3H3. The van der Waals surface area contributed by atoms with Crippen LogP contribution in [-0.4, -0.2) is 44.7 Å². The molecule has 0 aromatic heterocycles. The predicted octanol–water partition coefficient (Wildman–Crippen LogP) is 2.41. The minimum absolute atomic E-state index is 0.822. The molecule has 1 aromatic rings. The van der Waals surface area contributed by atoms with Crippen LogP contribution >= 0.6 is 11.6 Å².